The Bertz CT molecular complexity index is 1780. The van der Waals surface area contributed by atoms with Gasteiger partial charge >= 0.3 is 5.97 Å². The van der Waals surface area contributed by atoms with E-state index in [2.05, 4.69) is 4.99 Å². The summed E-state index contributed by atoms with van der Waals surface area (Å²) in [6.07, 6.45) is 1.63. The van der Waals surface area contributed by atoms with Gasteiger partial charge in [0.05, 0.1) is 17.9 Å². The molecule has 0 fully saturated rings. The normalized spacial score (nSPS) is 12.0. The van der Waals surface area contributed by atoms with Gasteiger partial charge < -0.3 is 9.30 Å². The summed E-state index contributed by atoms with van der Waals surface area (Å²) in [6.45, 7) is 6.21. The van der Waals surface area contributed by atoms with Gasteiger partial charge in [0.25, 0.3) is 11.5 Å². The number of carbonyl (C=O) groups is 2. The molecule has 2 aromatic carbocycles. The van der Waals surface area contributed by atoms with E-state index in [0.717, 1.165) is 11.1 Å². The summed E-state index contributed by atoms with van der Waals surface area (Å²) < 4.78 is 8.49. The number of nitrogens with zero attached hydrogens (tertiary/aromatic N) is 4. The van der Waals surface area contributed by atoms with Crippen LogP contribution in [0.2, 0.25) is 0 Å². The highest BCUT2D eigenvalue weighted by atomic mass is 16.5. The maximum absolute atomic E-state index is 14.1. The molecule has 202 valence electrons. The highest BCUT2D eigenvalue weighted by Gasteiger charge is 2.25. The molecule has 0 saturated carbocycles. The Hall–Kier alpha value is -4.85. The first-order valence-corrected chi connectivity index (χ1v) is 13.3. The first-order valence-electron chi connectivity index (χ1n) is 13.3. The SMILES string of the molecule is CCOC(=O)c1cc2c(=O)n3ccccc3nc2n(CC(C)C)c1=NC(=O)C(c1ccccc1)c1ccccc1. The molecule has 0 N–H and O–H groups in total. The molecule has 5 aromatic rings. The van der Waals surface area contributed by atoms with Crippen LogP contribution in [-0.2, 0) is 16.1 Å². The molecule has 0 aliphatic carbocycles. The van der Waals surface area contributed by atoms with Crippen LogP contribution < -0.4 is 11.0 Å². The molecule has 3 aromatic heterocycles. The lowest BCUT2D eigenvalue weighted by Gasteiger charge is -2.18. The van der Waals surface area contributed by atoms with E-state index in [1.54, 1.807) is 35.9 Å². The molecule has 0 atom stereocenters. The summed E-state index contributed by atoms with van der Waals surface area (Å²) in [5.74, 6) is -1.72. The van der Waals surface area contributed by atoms with E-state index >= 15 is 0 Å². The zero-order chi connectivity index (χ0) is 28.2. The fraction of sp³-hybridized carbons (Fsp3) is 0.219. The molecule has 0 unspecified atom stereocenters. The fourth-order valence-corrected chi connectivity index (χ4v) is 4.83. The Kier molecular flexibility index (Phi) is 7.68. The van der Waals surface area contributed by atoms with Crippen molar-refractivity contribution in [3.05, 3.63) is 124 Å². The largest absolute Gasteiger partial charge is 0.462 e. The van der Waals surface area contributed by atoms with E-state index in [1.165, 1.54) is 10.5 Å². The number of rotatable bonds is 7. The van der Waals surface area contributed by atoms with Crippen molar-refractivity contribution in [3.63, 3.8) is 0 Å². The monoisotopic (exact) mass is 534 g/mol. The number of aromatic nitrogens is 3. The maximum Gasteiger partial charge on any atom is 0.341 e. The Morgan fingerprint density at radius 2 is 1.55 bits per heavy atom. The molecule has 0 aliphatic rings. The predicted molar refractivity (Wildman–Crippen MR) is 153 cm³/mol. The number of hydrogen-bond donors (Lipinski definition) is 0. The molecule has 8 heteroatoms. The molecule has 40 heavy (non-hydrogen) atoms. The van der Waals surface area contributed by atoms with Crippen LogP contribution in [0.25, 0.3) is 16.7 Å². The molecule has 0 bridgehead atoms. The number of carbonyl (C=O) groups excluding carboxylic acids is 2. The van der Waals surface area contributed by atoms with Gasteiger partial charge in [0.15, 0.2) is 5.49 Å². The minimum absolute atomic E-state index is 0.0398. The Morgan fingerprint density at radius 1 is 0.925 bits per heavy atom. The summed E-state index contributed by atoms with van der Waals surface area (Å²) >= 11 is 0. The second kappa shape index (κ2) is 11.5. The first kappa shape index (κ1) is 26.7. The van der Waals surface area contributed by atoms with Gasteiger partial charge in [-0.2, -0.15) is 4.99 Å². The second-order valence-electron chi connectivity index (χ2n) is 9.89. The molecule has 0 saturated heterocycles. The van der Waals surface area contributed by atoms with Gasteiger partial charge in [-0.1, -0.05) is 80.6 Å². The van der Waals surface area contributed by atoms with Gasteiger partial charge in [-0.15, -0.1) is 0 Å². The molecule has 0 radical (unpaired) electrons. The summed E-state index contributed by atoms with van der Waals surface area (Å²) in [5.41, 5.74) is 2.18. The molecular formula is C32H30N4O4. The second-order valence-corrected chi connectivity index (χ2v) is 9.89. The van der Waals surface area contributed by atoms with Crippen molar-refractivity contribution in [3.8, 4) is 0 Å². The van der Waals surface area contributed by atoms with E-state index in [4.69, 9.17) is 9.72 Å². The van der Waals surface area contributed by atoms with Crippen molar-refractivity contribution in [1.29, 1.82) is 0 Å². The lowest BCUT2D eigenvalue weighted by molar-refractivity contribution is -0.118. The molecule has 3 heterocycles. The summed E-state index contributed by atoms with van der Waals surface area (Å²) in [6, 6.07) is 25.5. The van der Waals surface area contributed by atoms with E-state index in [0.29, 0.717) is 17.8 Å². The van der Waals surface area contributed by atoms with Crippen LogP contribution in [0.3, 0.4) is 0 Å². The molecule has 8 nitrogen and oxygen atoms in total. The van der Waals surface area contributed by atoms with Crippen molar-refractivity contribution < 1.29 is 14.3 Å². The number of benzene rings is 2. The predicted octanol–water partition coefficient (Wildman–Crippen LogP) is 4.74. The third kappa shape index (κ3) is 5.20. The Labute approximate surface area is 231 Å². The van der Waals surface area contributed by atoms with Crippen molar-refractivity contribution in [2.75, 3.05) is 6.61 Å². The Morgan fingerprint density at radius 3 is 2.15 bits per heavy atom. The van der Waals surface area contributed by atoms with Crippen molar-refractivity contribution >= 4 is 28.6 Å². The van der Waals surface area contributed by atoms with Gasteiger partial charge in [0, 0.05) is 12.7 Å². The van der Waals surface area contributed by atoms with E-state index in [-0.39, 0.29) is 34.5 Å². The van der Waals surface area contributed by atoms with Gasteiger partial charge in [-0.25, -0.2) is 9.78 Å². The number of hydrogen-bond acceptors (Lipinski definition) is 5. The van der Waals surface area contributed by atoms with Crippen LogP contribution in [0, 0.1) is 5.92 Å². The average molecular weight is 535 g/mol. The maximum atomic E-state index is 14.1. The number of pyridine rings is 2. The molecule has 0 spiro atoms. The lowest BCUT2D eigenvalue weighted by atomic mass is 9.91. The van der Waals surface area contributed by atoms with Crippen LogP contribution in [0.4, 0.5) is 0 Å². The summed E-state index contributed by atoms with van der Waals surface area (Å²) in [7, 11) is 0. The van der Waals surface area contributed by atoms with Crippen molar-refractivity contribution in [2.45, 2.75) is 33.2 Å². The van der Waals surface area contributed by atoms with E-state index < -0.39 is 17.8 Å². The lowest BCUT2D eigenvalue weighted by Crippen LogP contribution is -2.34. The third-order valence-electron chi connectivity index (χ3n) is 6.56. The van der Waals surface area contributed by atoms with E-state index in [1.807, 2.05) is 74.5 Å². The highest BCUT2D eigenvalue weighted by molar-refractivity contribution is 5.94. The van der Waals surface area contributed by atoms with Crippen LogP contribution >= 0.6 is 0 Å². The zero-order valence-corrected chi connectivity index (χ0v) is 22.7. The van der Waals surface area contributed by atoms with Gasteiger partial charge in [-0.05, 0) is 42.2 Å². The van der Waals surface area contributed by atoms with Crippen molar-refractivity contribution in [2.24, 2.45) is 10.9 Å². The fourth-order valence-electron chi connectivity index (χ4n) is 4.83. The van der Waals surface area contributed by atoms with Crippen LogP contribution in [0.1, 0.15) is 48.2 Å². The first-order chi connectivity index (χ1) is 19.4. The number of esters is 1. The number of ether oxygens (including phenoxy) is 1. The highest BCUT2D eigenvalue weighted by Crippen LogP contribution is 2.26. The smallest absolute Gasteiger partial charge is 0.341 e. The summed E-state index contributed by atoms with van der Waals surface area (Å²) in [4.78, 5) is 50.3. The van der Waals surface area contributed by atoms with Crippen LogP contribution in [0.15, 0.2) is 101 Å². The molecule has 5 rings (SSSR count). The minimum atomic E-state index is -0.698. The topological polar surface area (TPSA) is 95.0 Å². The number of amides is 1. The number of fused-ring (bicyclic) bond motifs is 2. The molecular weight excluding hydrogens is 504 g/mol. The van der Waals surface area contributed by atoms with Gasteiger partial charge in [-0.3, -0.25) is 14.0 Å². The third-order valence-corrected chi connectivity index (χ3v) is 6.56. The Balaban J connectivity index is 1.86. The quantitative estimate of drug-likeness (QED) is 0.222. The van der Waals surface area contributed by atoms with Crippen LogP contribution in [0.5, 0.6) is 0 Å². The average Bonchev–Trinajstić information content (AvgIpc) is 2.96. The zero-order valence-electron chi connectivity index (χ0n) is 22.7. The van der Waals surface area contributed by atoms with E-state index in [9.17, 15) is 14.4 Å². The minimum Gasteiger partial charge on any atom is -0.462 e. The van der Waals surface area contributed by atoms with Gasteiger partial charge in [0.2, 0.25) is 0 Å². The molecule has 0 aliphatic heterocycles. The summed E-state index contributed by atoms with van der Waals surface area (Å²) in [5, 5.41) is 0.237. The standard InChI is InChI=1S/C32H30N4O4/c1-4-40-32(39)25-19-24-28(33-26-17-11-12-18-35(26)31(24)38)36(20-21(2)3)29(25)34-30(37)27(22-13-7-5-8-14-22)23-15-9-6-10-16-23/h5-19,21,27H,4,20H2,1-3H3. The van der Waals surface area contributed by atoms with Crippen LogP contribution in [-0.4, -0.2) is 32.4 Å². The van der Waals surface area contributed by atoms with Crippen molar-refractivity contribution in [1.82, 2.24) is 14.0 Å². The molecule has 1 amide bonds. The van der Waals surface area contributed by atoms with Gasteiger partial charge in [0.1, 0.15) is 16.9 Å².